The molecule has 1 aliphatic heterocycles. The van der Waals surface area contributed by atoms with Gasteiger partial charge in [0.05, 0.1) is 0 Å². The maximum Gasteiger partial charge on any atom is 0.329 e. The topological polar surface area (TPSA) is 84.9 Å². The van der Waals surface area contributed by atoms with Gasteiger partial charge in [0.15, 0.2) is 6.10 Å². The summed E-state index contributed by atoms with van der Waals surface area (Å²) >= 11 is 0. The van der Waals surface area contributed by atoms with Crippen molar-refractivity contribution in [3.63, 3.8) is 0 Å². The summed E-state index contributed by atoms with van der Waals surface area (Å²) in [7, 11) is 0. The molecule has 0 aliphatic carbocycles. The van der Waals surface area contributed by atoms with Crippen molar-refractivity contribution >= 4 is 11.9 Å². The van der Waals surface area contributed by atoms with Crippen LogP contribution in [-0.4, -0.2) is 41.8 Å². The normalized spacial score (nSPS) is 18.0. The predicted molar refractivity (Wildman–Crippen MR) is 84.4 cm³/mol. The molecule has 1 atom stereocenters. The van der Waals surface area contributed by atoms with Crippen LogP contribution in [0.15, 0.2) is 24.3 Å². The second-order valence-corrected chi connectivity index (χ2v) is 5.77. The van der Waals surface area contributed by atoms with E-state index in [1.54, 1.807) is 6.07 Å². The Balaban J connectivity index is 2.10. The molecule has 2 N–H and O–H groups in total. The van der Waals surface area contributed by atoms with E-state index in [2.05, 4.69) is 5.32 Å². The van der Waals surface area contributed by atoms with E-state index >= 15 is 0 Å². The molecule has 1 aromatic carbocycles. The summed E-state index contributed by atoms with van der Waals surface area (Å²) in [5.74, 6) is -0.800. The molecular formula is C17H23NO5. The van der Waals surface area contributed by atoms with Crippen molar-refractivity contribution in [1.82, 2.24) is 5.32 Å². The van der Waals surface area contributed by atoms with Crippen LogP contribution >= 0.6 is 0 Å². The standard InChI is InChI=1S/C17H23NO5/c1-3-13(23-14-7-5-4-6-12(14)2)15(19)18-17(16(20)21)8-10-22-11-9-17/h4-7,13H,3,8-11H2,1-2H3,(H,18,19)(H,20,21). The highest BCUT2D eigenvalue weighted by atomic mass is 16.5. The number of hydrogen-bond acceptors (Lipinski definition) is 4. The van der Waals surface area contributed by atoms with Crippen molar-refractivity contribution in [2.24, 2.45) is 0 Å². The summed E-state index contributed by atoms with van der Waals surface area (Å²) in [6.07, 6.45) is 0.242. The summed E-state index contributed by atoms with van der Waals surface area (Å²) in [4.78, 5) is 24.2. The molecule has 0 saturated carbocycles. The van der Waals surface area contributed by atoms with Crippen LogP contribution in [0.2, 0.25) is 0 Å². The monoisotopic (exact) mass is 321 g/mol. The Bertz CT molecular complexity index is 566. The Kier molecular flexibility index (Phi) is 5.60. The lowest BCUT2D eigenvalue weighted by Crippen LogP contribution is -2.60. The van der Waals surface area contributed by atoms with Gasteiger partial charge in [-0.1, -0.05) is 25.1 Å². The third kappa shape index (κ3) is 4.01. The van der Waals surface area contributed by atoms with Crippen LogP contribution in [0.5, 0.6) is 5.75 Å². The van der Waals surface area contributed by atoms with Crippen LogP contribution in [0.1, 0.15) is 31.7 Å². The Hall–Kier alpha value is -2.08. The van der Waals surface area contributed by atoms with E-state index in [-0.39, 0.29) is 12.8 Å². The molecule has 2 rings (SSSR count). The molecule has 0 spiro atoms. The first kappa shape index (κ1) is 17.3. The van der Waals surface area contributed by atoms with Gasteiger partial charge in [0.1, 0.15) is 11.3 Å². The van der Waals surface area contributed by atoms with E-state index in [9.17, 15) is 14.7 Å². The van der Waals surface area contributed by atoms with Crippen LogP contribution in [-0.2, 0) is 14.3 Å². The number of carbonyl (C=O) groups excluding carboxylic acids is 1. The number of amides is 1. The van der Waals surface area contributed by atoms with Gasteiger partial charge >= 0.3 is 5.97 Å². The van der Waals surface area contributed by atoms with Gasteiger partial charge in [0.2, 0.25) is 0 Å². The molecule has 6 heteroatoms. The molecule has 1 aliphatic rings. The van der Waals surface area contributed by atoms with Gasteiger partial charge in [0.25, 0.3) is 5.91 Å². The van der Waals surface area contributed by atoms with Crippen molar-refractivity contribution in [2.45, 2.75) is 44.8 Å². The Morgan fingerprint density at radius 3 is 2.57 bits per heavy atom. The minimum Gasteiger partial charge on any atom is -0.480 e. The quantitative estimate of drug-likeness (QED) is 0.836. The molecule has 1 fully saturated rings. The SMILES string of the molecule is CCC(Oc1ccccc1C)C(=O)NC1(C(=O)O)CCOCC1. The van der Waals surface area contributed by atoms with Gasteiger partial charge in [-0.3, -0.25) is 4.79 Å². The molecule has 0 bridgehead atoms. The Morgan fingerprint density at radius 2 is 2.00 bits per heavy atom. The first-order valence-corrected chi connectivity index (χ1v) is 7.84. The molecule has 1 aromatic rings. The lowest BCUT2D eigenvalue weighted by Gasteiger charge is -2.35. The number of rotatable bonds is 6. The Morgan fingerprint density at radius 1 is 1.35 bits per heavy atom. The molecule has 23 heavy (non-hydrogen) atoms. The molecular weight excluding hydrogens is 298 g/mol. The van der Waals surface area contributed by atoms with Crippen LogP contribution in [0.25, 0.3) is 0 Å². The first-order valence-electron chi connectivity index (χ1n) is 7.84. The highest BCUT2D eigenvalue weighted by molar-refractivity contribution is 5.89. The number of ether oxygens (including phenoxy) is 2. The fourth-order valence-electron chi connectivity index (χ4n) is 2.59. The summed E-state index contributed by atoms with van der Waals surface area (Å²) in [5, 5.41) is 12.2. The van der Waals surface area contributed by atoms with E-state index in [1.807, 2.05) is 32.0 Å². The number of para-hydroxylation sites is 1. The second-order valence-electron chi connectivity index (χ2n) is 5.77. The zero-order valence-electron chi connectivity index (χ0n) is 13.5. The molecule has 1 amide bonds. The van der Waals surface area contributed by atoms with Gasteiger partial charge in [-0.2, -0.15) is 0 Å². The van der Waals surface area contributed by atoms with Crippen LogP contribution in [0.4, 0.5) is 0 Å². The summed E-state index contributed by atoms with van der Waals surface area (Å²) in [6, 6.07) is 7.43. The van der Waals surface area contributed by atoms with Crippen molar-refractivity contribution < 1.29 is 24.2 Å². The zero-order chi connectivity index (χ0) is 16.9. The summed E-state index contributed by atoms with van der Waals surface area (Å²) in [6.45, 7) is 4.38. The third-order valence-corrected chi connectivity index (χ3v) is 4.14. The number of hydrogen-bond donors (Lipinski definition) is 2. The van der Waals surface area contributed by atoms with E-state index in [0.717, 1.165) is 5.56 Å². The highest BCUT2D eigenvalue weighted by Gasteiger charge is 2.42. The first-order chi connectivity index (χ1) is 11.0. The van der Waals surface area contributed by atoms with Crippen LogP contribution in [0.3, 0.4) is 0 Å². The average Bonchev–Trinajstić information content (AvgIpc) is 2.54. The van der Waals surface area contributed by atoms with Crippen molar-refractivity contribution in [1.29, 1.82) is 0 Å². The smallest absolute Gasteiger partial charge is 0.329 e. The van der Waals surface area contributed by atoms with Crippen molar-refractivity contribution in [3.8, 4) is 5.75 Å². The number of carbonyl (C=O) groups is 2. The van der Waals surface area contributed by atoms with Gasteiger partial charge in [-0.25, -0.2) is 4.79 Å². The Labute approximate surface area is 135 Å². The summed E-state index contributed by atoms with van der Waals surface area (Å²) < 4.78 is 11.0. The number of carboxylic acids is 1. The molecule has 0 aromatic heterocycles. The van der Waals surface area contributed by atoms with E-state index in [0.29, 0.717) is 25.4 Å². The largest absolute Gasteiger partial charge is 0.480 e. The molecule has 1 unspecified atom stereocenters. The average molecular weight is 321 g/mol. The zero-order valence-corrected chi connectivity index (χ0v) is 13.5. The molecule has 1 heterocycles. The van der Waals surface area contributed by atoms with E-state index in [4.69, 9.17) is 9.47 Å². The fourth-order valence-corrected chi connectivity index (χ4v) is 2.59. The maximum absolute atomic E-state index is 12.5. The van der Waals surface area contributed by atoms with E-state index < -0.39 is 23.5 Å². The van der Waals surface area contributed by atoms with Crippen LogP contribution in [0, 0.1) is 6.92 Å². The number of aryl methyl sites for hydroxylation is 1. The fraction of sp³-hybridized carbons (Fsp3) is 0.529. The second kappa shape index (κ2) is 7.46. The van der Waals surface area contributed by atoms with Gasteiger partial charge < -0.3 is 19.9 Å². The predicted octanol–water partition coefficient (Wildman–Crippen LogP) is 1.90. The van der Waals surface area contributed by atoms with E-state index in [1.165, 1.54) is 0 Å². The number of nitrogens with one attached hydrogen (secondary N) is 1. The summed E-state index contributed by atoms with van der Waals surface area (Å²) in [5.41, 5.74) is -0.338. The number of benzene rings is 1. The van der Waals surface area contributed by atoms with Crippen molar-refractivity contribution in [2.75, 3.05) is 13.2 Å². The maximum atomic E-state index is 12.5. The molecule has 0 radical (unpaired) electrons. The van der Waals surface area contributed by atoms with Gasteiger partial charge in [-0.15, -0.1) is 0 Å². The highest BCUT2D eigenvalue weighted by Crippen LogP contribution is 2.23. The minimum atomic E-state index is -1.27. The molecule has 6 nitrogen and oxygen atoms in total. The van der Waals surface area contributed by atoms with Gasteiger partial charge in [-0.05, 0) is 25.0 Å². The van der Waals surface area contributed by atoms with Gasteiger partial charge in [0, 0.05) is 26.1 Å². The van der Waals surface area contributed by atoms with Crippen LogP contribution < -0.4 is 10.1 Å². The number of carboxylic acid groups (broad SMARTS) is 1. The van der Waals surface area contributed by atoms with Crippen molar-refractivity contribution in [3.05, 3.63) is 29.8 Å². The number of aliphatic carboxylic acids is 1. The lowest BCUT2D eigenvalue weighted by atomic mass is 9.89. The third-order valence-electron chi connectivity index (χ3n) is 4.14. The lowest BCUT2D eigenvalue weighted by molar-refractivity contribution is -0.153. The molecule has 126 valence electrons. The molecule has 1 saturated heterocycles. The minimum absolute atomic E-state index is 0.259.